The molecule has 0 spiro atoms. The molecule has 0 N–H and O–H groups in total. The predicted molar refractivity (Wildman–Crippen MR) is 77.2 cm³/mol. The zero-order valence-electron chi connectivity index (χ0n) is 10.7. The van der Waals surface area contributed by atoms with E-state index in [4.69, 9.17) is 0 Å². The molecule has 1 aromatic carbocycles. The van der Waals surface area contributed by atoms with Crippen molar-refractivity contribution in [2.24, 2.45) is 0 Å². The van der Waals surface area contributed by atoms with Crippen LogP contribution >= 0.6 is 0 Å². The van der Waals surface area contributed by atoms with Gasteiger partial charge in [-0.2, -0.15) is 3.71 Å². The molecule has 0 aliphatic rings. The number of hydrogen-bond acceptors (Lipinski definition) is 5. The van der Waals surface area contributed by atoms with Gasteiger partial charge >= 0.3 is 0 Å². The number of nitrogens with zero attached hydrogens (tertiary/aromatic N) is 1. The fraction of sp³-hybridized carbons (Fsp3) is 0.0833. The van der Waals surface area contributed by atoms with Crippen LogP contribution in [-0.4, -0.2) is 22.6 Å². The minimum Gasteiger partial charge on any atom is -0.295 e. The largest absolute Gasteiger partial charge is 0.295 e. The van der Waals surface area contributed by atoms with Gasteiger partial charge in [-0.05, 0) is 31.2 Å². The fourth-order valence-corrected chi connectivity index (χ4v) is 4.02. The third-order valence-electron chi connectivity index (χ3n) is 2.37. The van der Waals surface area contributed by atoms with E-state index < -0.39 is 20.0 Å². The Morgan fingerprint density at radius 3 is 1.70 bits per heavy atom. The number of hydrogen-bond donors (Lipinski definition) is 0. The Hall–Kier alpha value is -1.93. The number of ketones is 1. The molecule has 0 saturated carbocycles. The van der Waals surface area contributed by atoms with Gasteiger partial charge in [-0.15, -0.1) is 0 Å². The minimum atomic E-state index is -4.26. The highest BCUT2D eigenvalue weighted by atomic mass is 32.3. The van der Waals surface area contributed by atoms with Gasteiger partial charge in [-0.1, -0.05) is 13.2 Å². The number of carbonyl (C=O) groups is 1. The highest BCUT2D eigenvalue weighted by Gasteiger charge is 2.30. The van der Waals surface area contributed by atoms with Crippen molar-refractivity contribution in [3.05, 3.63) is 53.8 Å². The zero-order valence-corrected chi connectivity index (χ0v) is 12.3. The van der Waals surface area contributed by atoms with Crippen LogP contribution in [0.3, 0.4) is 0 Å². The molecule has 0 aromatic heterocycles. The Kier molecular flexibility index (Phi) is 4.51. The van der Waals surface area contributed by atoms with E-state index in [0.717, 1.165) is 0 Å². The Bertz CT molecular complexity index is 708. The van der Waals surface area contributed by atoms with E-state index in [0.29, 0.717) is 16.4 Å². The first-order chi connectivity index (χ1) is 9.15. The predicted octanol–water partition coefficient (Wildman–Crippen LogP) is 1.64. The quantitative estimate of drug-likeness (QED) is 0.745. The van der Waals surface area contributed by atoms with Crippen LogP contribution in [0.4, 0.5) is 5.69 Å². The maximum atomic E-state index is 11.8. The Morgan fingerprint density at radius 1 is 1.00 bits per heavy atom. The van der Waals surface area contributed by atoms with E-state index in [1.165, 1.54) is 31.2 Å². The molecule has 0 unspecified atom stereocenters. The molecule has 8 heteroatoms. The molecule has 0 bridgehead atoms. The SMILES string of the molecule is C=CS(=O)(=O)N(c1ccc(C(C)=O)cc1)S(=O)(=O)C=C. The van der Waals surface area contributed by atoms with Crippen molar-refractivity contribution in [3.8, 4) is 0 Å². The molecule has 1 rings (SSSR count). The van der Waals surface area contributed by atoms with Crippen LogP contribution in [0.2, 0.25) is 0 Å². The first kappa shape index (κ1) is 16.1. The number of Topliss-reactive ketones (excluding diaryl/α,β-unsaturated/α-hetero) is 1. The summed E-state index contributed by atoms with van der Waals surface area (Å²) < 4.78 is 47.6. The summed E-state index contributed by atoms with van der Waals surface area (Å²) in [6.07, 6.45) is 0. The van der Waals surface area contributed by atoms with E-state index in [2.05, 4.69) is 13.2 Å². The molecule has 20 heavy (non-hydrogen) atoms. The van der Waals surface area contributed by atoms with Gasteiger partial charge in [0.05, 0.1) is 5.69 Å². The Morgan fingerprint density at radius 2 is 1.40 bits per heavy atom. The second-order valence-corrected chi connectivity index (χ2v) is 7.41. The van der Waals surface area contributed by atoms with Gasteiger partial charge in [0.1, 0.15) is 0 Å². The normalized spacial score (nSPS) is 11.7. The van der Waals surface area contributed by atoms with E-state index in [1.807, 2.05) is 0 Å². The lowest BCUT2D eigenvalue weighted by Crippen LogP contribution is -2.34. The minimum absolute atomic E-state index is 0.130. The molecular weight excluding hydrogens is 302 g/mol. The number of carbonyl (C=O) groups excluding carboxylic acids is 1. The number of rotatable bonds is 6. The molecule has 0 amide bonds. The van der Waals surface area contributed by atoms with Crippen molar-refractivity contribution in [2.75, 3.05) is 3.71 Å². The van der Waals surface area contributed by atoms with Crippen LogP contribution < -0.4 is 3.71 Å². The lowest BCUT2D eigenvalue weighted by Gasteiger charge is -2.20. The molecule has 0 atom stereocenters. The molecule has 0 radical (unpaired) electrons. The number of anilines is 1. The maximum Gasteiger partial charge on any atom is 0.270 e. The summed E-state index contributed by atoms with van der Waals surface area (Å²) in [4.78, 5) is 11.2. The second-order valence-electron chi connectivity index (χ2n) is 3.72. The molecule has 6 nitrogen and oxygen atoms in total. The van der Waals surface area contributed by atoms with Gasteiger partial charge in [0.2, 0.25) is 0 Å². The fourth-order valence-electron chi connectivity index (χ4n) is 1.39. The van der Waals surface area contributed by atoms with E-state index in [-0.39, 0.29) is 15.2 Å². The Labute approximate surface area is 118 Å². The smallest absolute Gasteiger partial charge is 0.270 e. The summed E-state index contributed by atoms with van der Waals surface area (Å²) in [5, 5.41) is 1.04. The average Bonchev–Trinajstić information content (AvgIpc) is 2.39. The van der Waals surface area contributed by atoms with Crippen molar-refractivity contribution in [1.29, 1.82) is 0 Å². The molecule has 0 aliphatic carbocycles. The first-order valence-corrected chi connectivity index (χ1v) is 8.33. The first-order valence-electron chi connectivity index (χ1n) is 5.32. The van der Waals surface area contributed by atoms with Gasteiger partial charge in [0, 0.05) is 16.4 Å². The lowest BCUT2D eigenvalue weighted by molar-refractivity contribution is 0.101. The number of benzene rings is 1. The van der Waals surface area contributed by atoms with Crippen molar-refractivity contribution in [3.63, 3.8) is 0 Å². The Balaban J connectivity index is 3.51. The van der Waals surface area contributed by atoms with E-state index in [9.17, 15) is 21.6 Å². The van der Waals surface area contributed by atoms with Crippen LogP contribution in [0.15, 0.2) is 48.2 Å². The van der Waals surface area contributed by atoms with Crippen molar-refractivity contribution in [1.82, 2.24) is 0 Å². The molecule has 0 fully saturated rings. The van der Waals surface area contributed by atoms with Crippen LogP contribution in [0, 0.1) is 0 Å². The third-order valence-corrected chi connectivity index (χ3v) is 5.80. The van der Waals surface area contributed by atoms with E-state index >= 15 is 0 Å². The maximum absolute atomic E-state index is 11.8. The highest BCUT2D eigenvalue weighted by molar-refractivity contribution is 8.12. The second kappa shape index (κ2) is 5.59. The summed E-state index contributed by atoms with van der Waals surface area (Å²) >= 11 is 0. The van der Waals surface area contributed by atoms with Gasteiger partial charge in [0.15, 0.2) is 5.78 Å². The van der Waals surface area contributed by atoms with Crippen LogP contribution in [-0.2, 0) is 20.0 Å². The summed E-state index contributed by atoms with van der Waals surface area (Å²) in [6.45, 7) is 7.52. The highest BCUT2D eigenvalue weighted by Crippen LogP contribution is 2.24. The summed E-state index contributed by atoms with van der Waals surface area (Å²) in [5.41, 5.74) is 0.204. The van der Waals surface area contributed by atoms with Crippen LogP contribution in [0.5, 0.6) is 0 Å². The van der Waals surface area contributed by atoms with Gasteiger partial charge in [-0.25, -0.2) is 16.8 Å². The standard InChI is InChI=1S/C12H13NO5S2/c1-4-19(15,16)13(20(17,18)5-2)12-8-6-11(7-9-12)10(3)14/h4-9H,1-2H2,3H3. The van der Waals surface area contributed by atoms with Gasteiger partial charge < -0.3 is 0 Å². The van der Waals surface area contributed by atoms with Crippen molar-refractivity contribution >= 4 is 31.5 Å². The summed E-state index contributed by atoms with van der Waals surface area (Å²) in [7, 11) is -8.53. The average molecular weight is 315 g/mol. The molecule has 0 heterocycles. The lowest BCUT2D eigenvalue weighted by atomic mass is 10.1. The monoisotopic (exact) mass is 315 g/mol. The van der Waals surface area contributed by atoms with Crippen LogP contribution in [0.25, 0.3) is 0 Å². The van der Waals surface area contributed by atoms with E-state index in [1.54, 1.807) is 0 Å². The molecular formula is C12H13NO5S2. The topological polar surface area (TPSA) is 88.6 Å². The third kappa shape index (κ3) is 3.14. The molecule has 0 saturated heterocycles. The summed E-state index contributed by atoms with van der Waals surface area (Å²) in [6, 6.07) is 5.11. The molecule has 0 aliphatic heterocycles. The van der Waals surface area contributed by atoms with Gasteiger partial charge in [-0.3, -0.25) is 4.79 Å². The van der Waals surface area contributed by atoms with Crippen molar-refractivity contribution in [2.45, 2.75) is 6.92 Å². The summed E-state index contributed by atoms with van der Waals surface area (Å²) in [5.74, 6) is -0.221. The molecule has 1 aromatic rings. The van der Waals surface area contributed by atoms with Gasteiger partial charge in [0.25, 0.3) is 20.0 Å². The molecule has 108 valence electrons. The van der Waals surface area contributed by atoms with Crippen molar-refractivity contribution < 1.29 is 21.6 Å². The number of sulfonamides is 2. The zero-order chi connectivity index (χ0) is 15.6. The van der Waals surface area contributed by atoms with Crippen LogP contribution in [0.1, 0.15) is 17.3 Å².